The van der Waals surface area contributed by atoms with Crippen LogP contribution in [-0.4, -0.2) is 59.6 Å². The SMILES string of the molecule is CC(C)C(=O)N1CC[C@@H]2COCCN(Cc3ccncc3)[C@@H]2C1. The second-order valence-corrected chi connectivity index (χ2v) is 6.96. The van der Waals surface area contributed by atoms with Gasteiger partial charge in [0, 0.05) is 56.5 Å². The van der Waals surface area contributed by atoms with Gasteiger partial charge >= 0.3 is 0 Å². The van der Waals surface area contributed by atoms with Crippen LogP contribution in [-0.2, 0) is 16.1 Å². The van der Waals surface area contributed by atoms with Crippen LogP contribution in [0.2, 0.25) is 0 Å². The molecular formula is C18H27N3O2. The summed E-state index contributed by atoms with van der Waals surface area (Å²) < 4.78 is 5.82. The molecule has 3 rings (SSSR count). The summed E-state index contributed by atoms with van der Waals surface area (Å²) in [7, 11) is 0. The molecule has 126 valence electrons. The molecule has 2 fully saturated rings. The Hall–Kier alpha value is -1.46. The molecule has 3 heterocycles. The lowest BCUT2D eigenvalue weighted by Gasteiger charge is -2.43. The van der Waals surface area contributed by atoms with Crippen LogP contribution in [0.25, 0.3) is 0 Å². The number of hydrogen-bond acceptors (Lipinski definition) is 4. The summed E-state index contributed by atoms with van der Waals surface area (Å²) in [5.41, 5.74) is 1.27. The molecule has 1 aromatic heterocycles. The monoisotopic (exact) mass is 317 g/mol. The van der Waals surface area contributed by atoms with Crippen LogP contribution in [0.3, 0.4) is 0 Å². The van der Waals surface area contributed by atoms with Gasteiger partial charge in [-0.2, -0.15) is 0 Å². The van der Waals surface area contributed by atoms with Gasteiger partial charge in [0.25, 0.3) is 0 Å². The van der Waals surface area contributed by atoms with Crippen LogP contribution in [0.4, 0.5) is 0 Å². The molecule has 5 heteroatoms. The van der Waals surface area contributed by atoms with Gasteiger partial charge in [0.05, 0.1) is 13.2 Å². The number of carbonyl (C=O) groups is 1. The number of likely N-dealkylation sites (tertiary alicyclic amines) is 1. The minimum atomic E-state index is 0.0715. The van der Waals surface area contributed by atoms with Crippen LogP contribution in [0.5, 0.6) is 0 Å². The Balaban J connectivity index is 1.74. The zero-order valence-electron chi connectivity index (χ0n) is 14.1. The molecule has 0 radical (unpaired) electrons. The molecule has 2 aliphatic heterocycles. The summed E-state index contributed by atoms with van der Waals surface area (Å²) in [6.07, 6.45) is 4.73. The van der Waals surface area contributed by atoms with Crippen LogP contribution in [0.15, 0.2) is 24.5 Å². The summed E-state index contributed by atoms with van der Waals surface area (Å²) in [6.45, 7) is 9.08. The maximum absolute atomic E-state index is 12.4. The highest BCUT2D eigenvalue weighted by Gasteiger charge is 2.37. The molecule has 0 bridgehead atoms. The maximum Gasteiger partial charge on any atom is 0.225 e. The van der Waals surface area contributed by atoms with Crippen molar-refractivity contribution in [2.24, 2.45) is 11.8 Å². The highest BCUT2D eigenvalue weighted by molar-refractivity contribution is 5.78. The fourth-order valence-electron chi connectivity index (χ4n) is 3.65. The molecule has 0 aromatic carbocycles. The Morgan fingerprint density at radius 2 is 2.13 bits per heavy atom. The number of aromatic nitrogens is 1. The molecule has 23 heavy (non-hydrogen) atoms. The van der Waals surface area contributed by atoms with Gasteiger partial charge in [-0.05, 0) is 24.1 Å². The van der Waals surface area contributed by atoms with Crippen molar-refractivity contribution in [3.63, 3.8) is 0 Å². The molecule has 2 saturated heterocycles. The van der Waals surface area contributed by atoms with Crippen molar-refractivity contribution in [1.82, 2.24) is 14.8 Å². The van der Waals surface area contributed by atoms with Gasteiger partial charge in [-0.1, -0.05) is 13.8 Å². The van der Waals surface area contributed by atoms with Crippen molar-refractivity contribution in [1.29, 1.82) is 0 Å². The van der Waals surface area contributed by atoms with E-state index in [1.165, 1.54) is 5.56 Å². The van der Waals surface area contributed by atoms with Crippen LogP contribution < -0.4 is 0 Å². The van der Waals surface area contributed by atoms with E-state index in [2.05, 4.69) is 26.9 Å². The Labute approximate surface area is 138 Å². The number of piperidine rings is 1. The molecule has 2 aliphatic rings. The molecule has 0 N–H and O–H groups in total. The quantitative estimate of drug-likeness (QED) is 0.853. The molecule has 5 nitrogen and oxygen atoms in total. The second-order valence-electron chi connectivity index (χ2n) is 6.96. The molecule has 0 unspecified atom stereocenters. The van der Waals surface area contributed by atoms with Gasteiger partial charge in [0.2, 0.25) is 5.91 Å². The van der Waals surface area contributed by atoms with E-state index in [-0.39, 0.29) is 11.8 Å². The number of rotatable bonds is 3. The lowest BCUT2D eigenvalue weighted by atomic mass is 9.90. The number of nitrogens with zero attached hydrogens (tertiary/aromatic N) is 3. The third-order valence-corrected chi connectivity index (χ3v) is 4.99. The average molecular weight is 317 g/mol. The van der Waals surface area contributed by atoms with Crippen molar-refractivity contribution in [2.75, 3.05) is 32.8 Å². The Morgan fingerprint density at radius 3 is 2.87 bits per heavy atom. The first-order valence-corrected chi connectivity index (χ1v) is 8.64. The van der Waals surface area contributed by atoms with Gasteiger partial charge in [-0.25, -0.2) is 0 Å². The molecule has 0 spiro atoms. The minimum Gasteiger partial charge on any atom is -0.380 e. The highest BCUT2D eigenvalue weighted by Crippen LogP contribution is 2.27. The van der Waals surface area contributed by atoms with Crippen molar-refractivity contribution in [3.8, 4) is 0 Å². The maximum atomic E-state index is 12.4. The number of fused-ring (bicyclic) bond motifs is 1. The number of amides is 1. The van der Waals surface area contributed by atoms with Crippen molar-refractivity contribution >= 4 is 5.91 Å². The molecule has 0 aliphatic carbocycles. The fraction of sp³-hybridized carbons (Fsp3) is 0.667. The van der Waals surface area contributed by atoms with Gasteiger partial charge < -0.3 is 9.64 Å². The first-order chi connectivity index (χ1) is 11.1. The molecule has 2 atom stereocenters. The molecular weight excluding hydrogens is 290 g/mol. The molecule has 0 saturated carbocycles. The number of ether oxygens (including phenoxy) is 1. The number of carbonyl (C=O) groups excluding carboxylic acids is 1. The lowest BCUT2D eigenvalue weighted by Crippen LogP contribution is -2.54. The van der Waals surface area contributed by atoms with Gasteiger partial charge in [0.15, 0.2) is 0 Å². The zero-order valence-corrected chi connectivity index (χ0v) is 14.1. The average Bonchev–Trinajstić information content (AvgIpc) is 2.77. The van der Waals surface area contributed by atoms with Crippen molar-refractivity contribution < 1.29 is 9.53 Å². The van der Waals surface area contributed by atoms with Crippen LogP contribution in [0, 0.1) is 11.8 Å². The van der Waals surface area contributed by atoms with E-state index in [4.69, 9.17) is 4.74 Å². The summed E-state index contributed by atoms with van der Waals surface area (Å²) in [5.74, 6) is 0.871. The van der Waals surface area contributed by atoms with E-state index in [9.17, 15) is 4.79 Å². The third-order valence-electron chi connectivity index (χ3n) is 4.99. The third kappa shape index (κ3) is 3.90. The molecule has 1 aromatic rings. The second kappa shape index (κ2) is 7.41. The Kier molecular flexibility index (Phi) is 5.28. The molecule has 1 amide bonds. The number of pyridine rings is 1. The van der Waals surface area contributed by atoms with Gasteiger partial charge in [-0.15, -0.1) is 0 Å². The fourth-order valence-corrected chi connectivity index (χ4v) is 3.65. The smallest absolute Gasteiger partial charge is 0.225 e. The topological polar surface area (TPSA) is 45.7 Å². The van der Waals surface area contributed by atoms with E-state index >= 15 is 0 Å². The highest BCUT2D eigenvalue weighted by atomic mass is 16.5. The minimum absolute atomic E-state index is 0.0715. The van der Waals surface area contributed by atoms with Crippen molar-refractivity contribution in [3.05, 3.63) is 30.1 Å². The normalized spacial score (nSPS) is 26.0. The van der Waals surface area contributed by atoms with Crippen molar-refractivity contribution in [2.45, 2.75) is 32.9 Å². The first kappa shape index (κ1) is 16.4. The predicted octanol–water partition coefficient (Wildman–Crippen LogP) is 1.79. The summed E-state index contributed by atoms with van der Waals surface area (Å²) in [6, 6.07) is 4.53. The predicted molar refractivity (Wildman–Crippen MR) is 88.8 cm³/mol. The van der Waals surface area contributed by atoms with E-state index in [0.717, 1.165) is 45.8 Å². The Bertz CT molecular complexity index is 520. The number of hydrogen-bond donors (Lipinski definition) is 0. The Morgan fingerprint density at radius 1 is 1.35 bits per heavy atom. The first-order valence-electron chi connectivity index (χ1n) is 8.64. The van der Waals surface area contributed by atoms with Gasteiger partial charge in [-0.3, -0.25) is 14.7 Å². The van der Waals surface area contributed by atoms with E-state index < -0.39 is 0 Å². The van der Waals surface area contributed by atoms with Gasteiger partial charge in [0.1, 0.15) is 0 Å². The standard InChI is InChI=1S/C18H27N3O2/c1-14(2)18(22)21-8-5-16-13-23-10-9-20(17(16)12-21)11-15-3-6-19-7-4-15/h3-4,6-7,14,16-17H,5,8-13H2,1-2H3/t16-,17-/m1/s1. The zero-order chi connectivity index (χ0) is 16.2. The van der Waals surface area contributed by atoms with E-state index in [1.54, 1.807) is 0 Å². The summed E-state index contributed by atoms with van der Waals surface area (Å²) in [4.78, 5) is 21.0. The van der Waals surface area contributed by atoms with E-state index in [0.29, 0.717) is 12.0 Å². The lowest BCUT2D eigenvalue weighted by molar-refractivity contribution is -0.137. The summed E-state index contributed by atoms with van der Waals surface area (Å²) in [5, 5.41) is 0. The van der Waals surface area contributed by atoms with Crippen LogP contribution in [0.1, 0.15) is 25.8 Å². The largest absolute Gasteiger partial charge is 0.380 e. The van der Waals surface area contributed by atoms with E-state index in [1.807, 2.05) is 26.2 Å². The summed E-state index contributed by atoms with van der Waals surface area (Å²) >= 11 is 0. The van der Waals surface area contributed by atoms with Crippen LogP contribution >= 0.6 is 0 Å².